The molecule has 0 bridgehead atoms. The predicted octanol–water partition coefficient (Wildman–Crippen LogP) is 3.48. The summed E-state index contributed by atoms with van der Waals surface area (Å²) in [6.07, 6.45) is 11.1. The first-order valence-corrected chi connectivity index (χ1v) is 6.70. The molecule has 4 nitrogen and oxygen atoms in total. The Bertz CT molecular complexity index is 880. The summed E-state index contributed by atoms with van der Waals surface area (Å²) in [5.74, 6) is 0.814. The molecule has 0 aliphatic rings. The molecule has 3 aromatic heterocycles. The summed E-state index contributed by atoms with van der Waals surface area (Å²) in [7, 11) is 0. The lowest BCUT2D eigenvalue weighted by molar-refractivity contribution is 0.985. The van der Waals surface area contributed by atoms with Crippen LogP contribution in [0.3, 0.4) is 0 Å². The second kappa shape index (κ2) is 4.83. The van der Waals surface area contributed by atoms with E-state index in [2.05, 4.69) is 27.1 Å². The van der Waals surface area contributed by atoms with Crippen LogP contribution in [0.25, 0.3) is 27.8 Å². The molecule has 4 heteroatoms. The van der Waals surface area contributed by atoms with Gasteiger partial charge in [0.25, 0.3) is 0 Å². The maximum absolute atomic E-state index is 4.51. The fourth-order valence-corrected chi connectivity index (χ4v) is 2.33. The number of fused-ring (bicyclic) bond motifs is 1. The lowest BCUT2D eigenvalue weighted by Gasteiger charge is -2.05. The summed E-state index contributed by atoms with van der Waals surface area (Å²) in [5.41, 5.74) is 1.92. The molecule has 0 saturated heterocycles. The van der Waals surface area contributed by atoms with E-state index in [0.29, 0.717) is 0 Å². The highest BCUT2D eigenvalue weighted by Crippen LogP contribution is 2.22. The van der Waals surface area contributed by atoms with E-state index in [-0.39, 0.29) is 0 Å². The van der Waals surface area contributed by atoms with Gasteiger partial charge in [-0.3, -0.25) is 9.97 Å². The van der Waals surface area contributed by atoms with Crippen LogP contribution in [-0.4, -0.2) is 19.5 Å². The van der Waals surface area contributed by atoms with Gasteiger partial charge in [-0.15, -0.1) is 0 Å². The Hall–Kier alpha value is -3.01. The van der Waals surface area contributed by atoms with Gasteiger partial charge in [0, 0.05) is 35.7 Å². The smallest absolute Gasteiger partial charge is 0.155 e. The van der Waals surface area contributed by atoms with Gasteiger partial charge >= 0.3 is 0 Å². The van der Waals surface area contributed by atoms with E-state index in [4.69, 9.17) is 0 Å². The topological polar surface area (TPSA) is 43.6 Å². The van der Waals surface area contributed by atoms with Crippen molar-refractivity contribution < 1.29 is 0 Å². The van der Waals surface area contributed by atoms with Crippen molar-refractivity contribution in [1.29, 1.82) is 0 Å². The number of pyridine rings is 1. The normalized spacial score (nSPS) is 10.9. The first-order chi connectivity index (χ1) is 10.4. The third-order valence-electron chi connectivity index (χ3n) is 3.44. The number of hydrogen-bond acceptors (Lipinski definition) is 3. The Morgan fingerprint density at radius 3 is 2.52 bits per heavy atom. The molecule has 0 aliphatic carbocycles. The van der Waals surface area contributed by atoms with Crippen molar-refractivity contribution in [3.05, 3.63) is 73.6 Å². The zero-order valence-corrected chi connectivity index (χ0v) is 11.2. The van der Waals surface area contributed by atoms with Crippen LogP contribution in [-0.2, 0) is 0 Å². The molecular formula is C17H12N4. The standard InChI is InChI=1S/C17H12N4/c1-2-8-21(7-1)17-12-19-16(11-20-17)14-3-4-15-10-18-6-5-13(15)9-14/h1-12H. The maximum atomic E-state index is 4.51. The first-order valence-electron chi connectivity index (χ1n) is 6.70. The van der Waals surface area contributed by atoms with Crippen LogP contribution >= 0.6 is 0 Å². The molecule has 0 aliphatic heterocycles. The zero-order valence-electron chi connectivity index (χ0n) is 11.2. The van der Waals surface area contributed by atoms with Gasteiger partial charge in [-0.05, 0) is 29.7 Å². The molecule has 0 radical (unpaired) electrons. The molecule has 0 saturated carbocycles. The van der Waals surface area contributed by atoms with Crippen LogP contribution in [0.5, 0.6) is 0 Å². The lowest BCUT2D eigenvalue weighted by atomic mass is 10.1. The summed E-state index contributed by atoms with van der Waals surface area (Å²) in [6.45, 7) is 0. The Balaban J connectivity index is 1.74. The summed E-state index contributed by atoms with van der Waals surface area (Å²) in [4.78, 5) is 13.1. The van der Waals surface area contributed by atoms with Gasteiger partial charge in [-0.1, -0.05) is 12.1 Å². The van der Waals surface area contributed by atoms with E-state index in [1.807, 2.05) is 47.4 Å². The van der Waals surface area contributed by atoms with E-state index in [0.717, 1.165) is 27.8 Å². The van der Waals surface area contributed by atoms with Crippen LogP contribution in [0.4, 0.5) is 0 Å². The molecule has 4 aromatic rings. The summed E-state index contributed by atoms with van der Waals surface area (Å²) in [6, 6.07) is 12.1. The maximum Gasteiger partial charge on any atom is 0.155 e. The minimum atomic E-state index is 0.814. The van der Waals surface area contributed by atoms with Crippen molar-refractivity contribution in [2.75, 3.05) is 0 Å². The van der Waals surface area contributed by atoms with Gasteiger partial charge in [0.05, 0.1) is 18.1 Å². The third-order valence-corrected chi connectivity index (χ3v) is 3.44. The zero-order chi connectivity index (χ0) is 14.1. The molecule has 100 valence electrons. The van der Waals surface area contributed by atoms with E-state index >= 15 is 0 Å². The van der Waals surface area contributed by atoms with Gasteiger partial charge in [-0.2, -0.15) is 0 Å². The second-order valence-corrected chi connectivity index (χ2v) is 4.79. The number of benzene rings is 1. The summed E-state index contributed by atoms with van der Waals surface area (Å²) >= 11 is 0. The van der Waals surface area contributed by atoms with Crippen molar-refractivity contribution in [3.8, 4) is 17.1 Å². The van der Waals surface area contributed by atoms with Gasteiger partial charge in [0.1, 0.15) is 0 Å². The average molecular weight is 272 g/mol. The van der Waals surface area contributed by atoms with Crippen LogP contribution in [0.15, 0.2) is 73.6 Å². The number of hydrogen-bond donors (Lipinski definition) is 0. The molecule has 1 aromatic carbocycles. The van der Waals surface area contributed by atoms with E-state index in [1.165, 1.54) is 0 Å². The molecule has 21 heavy (non-hydrogen) atoms. The molecule has 0 atom stereocenters. The third kappa shape index (κ3) is 2.17. The van der Waals surface area contributed by atoms with Crippen LogP contribution in [0, 0.1) is 0 Å². The van der Waals surface area contributed by atoms with E-state index in [9.17, 15) is 0 Å². The largest absolute Gasteiger partial charge is 0.307 e. The number of aromatic nitrogens is 4. The van der Waals surface area contributed by atoms with Crippen LogP contribution < -0.4 is 0 Å². The van der Waals surface area contributed by atoms with Gasteiger partial charge in [-0.25, -0.2) is 4.98 Å². The minimum Gasteiger partial charge on any atom is -0.307 e. The molecule has 4 rings (SSSR count). The van der Waals surface area contributed by atoms with E-state index in [1.54, 1.807) is 18.6 Å². The molecule has 3 heterocycles. The Labute approximate surface area is 121 Å². The molecule has 0 spiro atoms. The molecule has 0 fully saturated rings. The number of nitrogens with zero attached hydrogens (tertiary/aromatic N) is 4. The summed E-state index contributed by atoms with van der Waals surface area (Å²) in [5, 5.41) is 2.27. The fraction of sp³-hybridized carbons (Fsp3) is 0. The van der Waals surface area contributed by atoms with E-state index < -0.39 is 0 Å². The fourth-order valence-electron chi connectivity index (χ4n) is 2.33. The van der Waals surface area contributed by atoms with Gasteiger partial charge < -0.3 is 4.57 Å². The Kier molecular flexibility index (Phi) is 2.71. The van der Waals surface area contributed by atoms with Crippen molar-refractivity contribution in [2.24, 2.45) is 0 Å². The number of rotatable bonds is 2. The molecular weight excluding hydrogens is 260 g/mol. The molecule has 0 unspecified atom stereocenters. The van der Waals surface area contributed by atoms with Crippen LogP contribution in [0.2, 0.25) is 0 Å². The average Bonchev–Trinajstić information content (AvgIpc) is 3.09. The van der Waals surface area contributed by atoms with Gasteiger partial charge in [0.2, 0.25) is 0 Å². The lowest BCUT2D eigenvalue weighted by Crippen LogP contribution is -1.96. The Morgan fingerprint density at radius 1 is 0.810 bits per heavy atom. The van der Waals surface area contributed by atoms with Crippen molar-refractivity contribution >= 4 is 10.8 Å². The highest BCUT2D eigenvalue weighted by molar-refractivity contribution is 5.85. The van der Waals surface area contributed by atoms with Crippen molar-refractivity contribution in [2.45, 2.75) is 0 Å². The van der Waals surface area contributed by atoms with Crippen molar-refractivity contribution in [1.82, 2.24) is 19.5 Å². The first kappa shape index (κ1) is 11.8. The molecule has 0 N–H and O–H groups in total. The summed E-state index contributed by atoms with van der Waals surface area (Å²) < 4.78 is 1.93. The Morgan fingerprint density at radius 2 is 1.71 bits per heavy atom. The quantitative estimate of drug-likeness (QED) is 0.561. The second-order valence-electron chi connectivity index (χ2n) is 4.79. The van der Waals surface area contributed by atoms with Gasteiger partial charge in [0.15, 0.2) is 5.82 Å². The minimum absolute atomic E-state index is 0.814. The highest BCUT2D eigenvalue weighted by Gasteiger charge is 2.03. The SMILES string of the molecule is c1ccn(-c2cnc(-c3ccc4cnccc4c3)cn2)c1. The highest BCUT2D eigenvalue weighted by atomic mass is 15.1. The van der Waals surface area contributed by atoms with Crippen LogP contribution in [0.1, 0.15) is 0 Å². The van der Waals surface area contributed by atoms with Crippen molar-refractivity contribution in [3.63, 3.8) is 0 Å². The monoisotopic (exact) mass is 272 g/mol. The predicted molar refractivity (Wildman–Crippen MR) is 82.1 cm³/mol. The molecule has 0 amide bonds.